The summed E-state index contributed by atoms with van der Waals surface area (Å²) in [5.74, 6) is 0.462. The van der Waals surface area contributed by atoms with E-state index in [4.69, 9.17) is 4.74 Å². The van der Waals surface area contributed by atoms with E-state index < -0.39 is 10.0 Å². The first-order valence-corrected chi connectivity index (χ1v) is 10.6. The van der Waals surface area contributed by atoms with Crippen LogP contribution in [0.15, 0.2) is 23.1 Å². The first kappa shape index (κ1) is 21.9. The SMILES string of the molecule is CCC(=O)NCc1cc(S(=O)(=O)NC2CC3CCC(C2)N3)ccc1OC.Cl. The molecule has 1 amide bonds. The number of piperidine rings is 1. The molecule has 2 unspecified atom stereocenters. The highest BCUT2D eigenvalue weighted by atomic mass is 35.5. The molecule has 2 aliphatic heterocycles. The van der Waals surface area contributed by atoms with Crippen LogP contribution in [0.1, 0.15) is 44.6 Å². The number of sulfonamides is 1. The summed E-state index contributed by atoms with van der Waals surface area (Å²) in [6.45, 7) is 2.00. The summed E-state index contributed by atoms with van der Waals surface area (Å²) in [5.41, 5.74) is 0.641. The Labute approximate surface area is 167 Å². The van der Waals surface area contributed by atoms with Crippen LogP contribution in [0.2, 0.25) is 0 Å². The van der Waals surface area contributed by atoms with Crippen LogP contribution in [-0.4, -0.2) is 39.6 Å². The van der Waals surface area contributed by atoms with Gasteiger partial charge in [-0.15, -0.1) is 12.4 Å². The lowest BCUT2D eigenvalue weighted by molar-refractivity contribution is -0.120. The minimum Gasteiger partial charge on any atom is -0.496 e. The molecule has 7 nitrogen and oxygen atoms in total. The minimum atomic E-state index is -3.62. The molecule has 0 saturated carbocycles. The number of hydrogen-bond donors (Lipinski definition) is 3. The number of fused-ring (bicyclic) bond motifs is 2. The van der Waals surface area contributed by atoms with Gasteiger partial charge in [0.25, 0.3) is 0 Å². The van der Waals surface area contributed by atoms with Crippen LogP contribution in [0.4, 0.5) is 0 Å². The Morgan fingerprint density at radius 3 is 2.52 bits per heavy atom. The van der Waals surface area contributed by atoms with E-state index in [1.807, 2.05) is 0 Å². The van der Waals surface area contributed by atoms with Gasteiger partial charge >= 0.3 is 0 Å². The maximum atomic E-state index is 12.8. The lowest BCUT2D eigenvalue weighted by atomic mass is 10.0. The number of rotatable bonds is 7. The Morgan fingerprint density at radius 1 is 1.26 bits per heavy atom. The first-order valence-electron chi connectivity index (χ1n) is 9.13. The van der Waals surface area contributed by atoms with Crippen molar-refractivity contribution in [2.75, 3.05) is 7.11 Å². The lowest BCUT2D eigenvalue weighted by Crippen LogP contribution is -2.47. The quantitative estimate of drug-likeness (QED) is 0.627. The van der Waals surface area contributed by atoms with Gasteiger partial charge in [-0.1, -0.05) is 6.92 Å². The summed E-state index contributed by atoms with van der Waals surface area (Å²) in [6, 6.07) is 5.54. The van der Waals surface area contributed by atoms with Gasteiger partial charge in [-0.05, 0) is 43.9 Å². The van der Waals surface area contributed by atoms with Crippen molar-refractivity contribution in [2.45, 2.75) is 68.6 Å². The third-order valence-corrected chi connectivity index (χ3v) is 6.67. The van der Waals surface area contributed by atoms with Crippen LogP contribution in [0.5, 0.6) is 5.75 Å². The fourth-order valence-electron chi connectivity index (χ4n) is 3.82. The van der Waals surface area contributed by atoms with Crippen LogP contribution >= 0.6 is 12.4 Å². The molecule has 0 aromatic heterocycles. The van der Waals surface area contributed by atoms with Crippen molar-refractivity contribution >= 4 is 28.3 Å². The zero-order valence-electron chi connectivity index (χ0n) is 15.7. The molecule has 2 saturated heterocycles. The van der Waals surface area contributed by atoms with Gasteiger partial charge in [-0.2, -0.15) is 0 Å². The molecule has 152 valence electrons. The van der Waals surface area contributed by atoms with Crippen molar-refractivity contribution in [3.05, 3.63) is 23.8 Å². The normalized spacial score (nSPS) is 24.1. The van der Waals surface area contributed by atoms with E-state index in [0.29, 0.717) is 29.8 Å². The third kappa shape index (κ3) is 5.34. The Hall–Kier alpha value is -1.35. The zero-order valence-corrected chi connectivity index (χ0v) is 17.3. The van der Waals surface area contributed by atoms with E-state index in [1.165, 1.54) is 7.11 Å². The molecule has 3 rings (SSSR count). The number of amides is 1. The van der Waals surface area contributed by atoms with Crippen molar-refractivity contribution < 1.29 is 17.9 Å². The molecule has 2 fully saturated rings. The Kier molecular flexibility index (Phi) is 7.50. The maximum Gasteiger partial charge on any atom is 0.240 e. The first-order chi connectivity index (χ1) is 12.4. The predicted octanol–water partition coefficient (Wildman–Crippen LogP) is 1.70. The van der Waals surface area contributed by atoms with Crippen molar-refractivity contribution in [3.8, 4) is 5.75 Å². The number of hydrogen-bond acceptors (Lipinski definition) is 5. The van der Waals surface area contributed by atoms with Gasteiger partial charge in [0.1, 0.15) is 5.75 Å². The standard InChI is InChI=1S/C18H27N3O4S.ClH/c1-3-18(22)19-11-12-8-16(6-7-17(12)25-2)26(23,24)21-15-9-13-4-5-14(10-15)20-13;/h6-8,13-15,20-21H,3-5,9-11H2,1-2H3,(H,19,22);1H. The minimum absolute atomic E-state index is 0. The largest absolute Gasteiger partial charge is 0.496 e. The molecule has 9 heteroatoms. The second-order valence-corrected chi connectivity index (χ2v) is 8.75. The summed E-state index contributed by atoms with van der Waals surface area (Å²) < 4.78 is 33.8. The van der Waals surface area contributed by atoms with E-state index in [9.17, 15) is 13.2 Å². The molecular weight excluding hydrogens is 390 g/mol. The smallest absolute Gasteiger partial charge is 0.240 e. The van der Waals surface area contributed by atoms with Crippen molar-refractivity contribution in [2.24, 2.45) is 0 Å². The Balaban J connectivity index is 0.00000261. The van der Waals surface area contributed by atoms with E-state index >= 15 is 0 Å². The second-order valence-electron chi connectivity index (χ2n) is 7.03. The molecule has 2 atom stereocenters. The van der Waals surface area contributed by atoms with Crippen LogP contribution < -0.4 is 20.1 Å². The number of nitrogens with one attached hydrogen (secondary N) is 3. The van der Waals surface area contributed by atoms with Gasteiger partial charge in [-0.25, -0.2) is 13.1 Å². The molecular formula is C18H28ClN3O4S. The summed E-state index contributed by atoms with van der Waals surface area (Å²) in [5, 5.41) is 6.27. The highest BCUT2D eigenvalue weighted by Gasteiger charge is 2.35. The molecule has 1 aromatic carbocycles. The third-order valence-electron chi connectivity index (χ3n) is 5.15. The maximum absolute atomic E-state index is 12.8. The topological polar surface area (TPSA) is 96.5 Å². The van der Waals surface area contributed by atoms with E-state index in [1.54, 1.807) is 25.1 Å². The summed E-state index contributed by atoms with van der Waals surface area (Å²) in [4.78, 5) is 11.7. The highest BCUT2D eigenvalue weighted by molar-refractivity contribution is 7.89. The van der Waals surface area contributed by atoms with Crippen LogP contribution in [0.3, 0.4) is 0 Å². The molecule has 0 aliphatic carbocycles. The molecule has 2 heterocycles. The van der Waals surface area contributed by atoms with Gasteiger partial charge in [0.15, 0.2) is 0 Å². The average Bonchev–Trinajstić information content (AvgIpc) is 2.97. The van der Waals surface area contributed by atoms with E-state index in [0.717, 1.165) is 25.7 Å². The van der Waals surface area contributed by atoms with Crippen molar-refractivity contribution in [1.29, 1.82) is 0 Å². The van der Waals surface area contributed by atoms with Crippen molar-refractivity contribution in [3.63, 3.8) is 0 Å². The van der Waals surface area contributed by atoms with E-state index in [-0.39, 0.29) is 35.8 Å². The molecule has 27 heavy (non-hydrogen) atoms. The van der Waals surface area contributed by atoms with Crippen LogP contribution in [0.25, 0.3) is 0 Å². The number of methoxy groups -OCH3 is 1. The van der Waals surface area contributed by atoms with Gasteiger partial charge in [-0.3, -0.25) is 4.79 Å². The number of carbonyl (C=O) groups excluding carboxylic acids is 1. The van der Waals surface area contributed by atoms with Gasteiger partial charge in [0.2, 0.25) is 15.9 Å². The monoisotopic (exact) mass is 417 g/mol. The predicted molar refractivity (Wildman–Crippen MR) is 106 cm³/mol. The molecule has 2 aliphatic rings. The Bertz CT molecular complexity index is 760. The second kappa shape index (κ2) is 9.23. The summed E-state index contributed by atoms with van der Waals surface area (Å²) in [7, 11) is -2.09. The van der Waals surface area contributed by atoms with Gasteiger partial charge < -0.3 is 15.4 Å². The molecule has 2 bridgehead atoms. The number of carbonyl (C=O) groups is 1. The van der Waals surface area contributed by atoms with E-state index in [2.05, 4.69) is 15.4 Å². The number of halogens is 1. The molecule has 0 radical (unpaired) electrons. The molecule has 1 aromatic rings. The number of benzene rings is 1. The number of ether oxygens (including phenoxy) is 1. The van der Waals surface area contributed by atoms with Gasteiger partial charge in [0, 0.05) is 36.7 Å². The van der Waals surface area contributed by atoms with Gasteiger partial charge in [0.05, 0.1) is 12.0 Å². The fraction of sp³-hybridized carbons (Fsp3) is 0.611. The molecule has 3 N–H and O–H groups in total. The highest BCUT2D eigenvalue weighted by Crippen LogP contribution is 2.28. The summed E-state index contributed by atoms with van der Waals surface area (Å²) in [6.07, 6.45) is 4.26. The lowest BCUT2D eigenvalue weighted by Gasteiger charge is -2.29. The Morgan fingerprint density at radius 2 is 1.93 bits per heavy atom. The zero-order chi connectivity index (χ0) is 18.7. The van der Waals surface area contributed by atoms with Crippen LogP contribution in [0, 0.1) is 0 Å². The van der Waals surface area contributed by atoms with Crippen LogP contribution in [-0.2, 0) is 21.4 Å². The summed E-state index contributed by atoms with van der Waals surface area (Å²) >= 11 is 0. The van der Waals surface area contributed by atoms with Crippen molar-refractivity contribution in [1.82, 2.24) is 15.4 Å². The average molecular weight is 418 g/mol. The fourth-order valence-corrected chi connectivity index (χ4v) is 5.13. The molecule has 0 spiro atoms.